The number of ether oxygens (including phenoxy) is 1. The molecule has 1 amide bonds. The highest BCUT2D eigenvalue weighted by molar-refractivity contribution is 6.32. The molecule has 2 rings (SSSR count). The zero-order valence-electron chi connectivity index (χ0n) is 11.0. The lowest BCUT2D eigenvalue weighted by atomic mass is 10.2. The third-order valence-electron chi connectivity index (χ3n) is 3.12. The molecule has 4 nitrogen and oxygen atoms in total. The molecule has 19 heavy (non-hydrogen) atoms. The van der Waals surface area contributed by atoms with Crippen molar-refractivity contribution in [1.82, 2.24) is 10.6 Å². The van der Waals surface area contributed by atoms with E-state index >= 15 is 0 Å². The van der Waals surface area contributed by atoms with E-state index in [1.54, 1.807) is 19.2 Å². The first-order chi connectivity index (χ1) is 9.19. The maximum atomic E-state index is 11.6. The van der Waals surface area contributed by atoms with Gasteiger partial charge in [-0.05, 0) is 43.0 Å². The third-order valence-corrected chi connectivity index (χ3v) is 3.42. The monoisotopic (exact) mass is 282 g/mol. The van der Waals surface area contributed by atoms with Crippen molar-refractivity contribution in [2.75, 3.05) is 20.2 Å². The summed E-state index contributed by atoms with van der Waals surface area (Å²) in [7, 11) is 1.58. The number of rotatable bonds is 7. The number of hydrogen-bond acceptors (Lipinski definition) is 3. The van der Waals surface area contributed by atoms with Crippen LogP contribution in [0.1, 0.15) is 18.4 Å². The van der Waals surface area contributed by atoms with Crippen LogP contribution in [0, 0.1) is 5.92 Å². The Hall–Kier alpha value is -1.26. The minimum Gasteiger partial charge on any atom is -0.495 e. The molecule has 1 aromatic rings. The number of hydrogen-bond donors (Lipinski definition) is 2. The lowest BCUT2D eigenvalue weighted by Gasteiger charge is -2.08. The van der Waals surface area contributed by atoms with Gasteiger partial charge in [0.25, 0.3) is 0 Å². The molecule has 0 saturated heterocycles. The van der Waals surface area contributed by atoms with Crippen molar-refractivity contribution in [2.45, 2.75) is 19.4 Å². The highest BCUT2D eigenvalue weighted by atomic mass is 35.5. The van der Waals surface area contributed by atoms with E-state index in [4.69, 9.17) is 16.3 Å². The molecule has 1 aliphatic rings. The normalized spacial score (nSPS) is 14.2. The van der Waals surface area contributed by atoms with Crippen molar-refractivity contribution < 1.29 is 9.53 Å². The summed E-state index contributed by atoms with van der Waals surface area (Å²) in [5, 5.41) is 6.57. The van der Waals surface area contributed by atoms with Crippen LogP contribution in [-0.4, -0.2) is 26.1 Å². The number of methoxy groups -OCH3 is 1. The molecule has 1 aromatic carbocycles. The van der Waals surface area contributed by atoms with Gasteiger partial charge in [-0.15, -0.1) is 0 Å². The van der Waals surface area contributed by atoms with E-state index in [2.05, 4.69) is 10.6 Å². The summed E-state index contributed by atoms with van der Waals surface area (Å²) in [5.74, 6) is 1.43. The van der Waals surface area contributed by atoms with Gasteiger partial charge in [0.05, 0.1) is 18.7 Å². The van der Waals surface area contributed by atoms with Crippen molar-refractivity contribution >= 4 is 17.5 Å². The molecular weight excluding hydrogens is 264 g/mol. The van der Waals surface area contributed by atoms with E-state index < -0.39 is 0 Å². The summed E-state index contributed by atoms with van der Waals surface area (Å²) in [6.07, 6.45) is 2.58. The molecule has 0 aliphatic heterocycles. The quantitative estimate of drug-likeness (QED) is 0.804. The van der Waals surface area contributed by atoms with Gasteiger partial charge >= 0.3 is 0 Å². The number of benzene rings is 1. The zero-order chi connectivity index (χ0) is 13.7. The van der Waals surface area contributed by atoms with Crippen LogP contribution in [-0.2, 0) is 11.3 Å². The Morgan fingerprint density at radius 1 is 1.47 bits per heavy atom. The Labute approximate surface area is 118 Å². The van der Waals surface area contributed by atoms with Gasteiger partial charge in [0.2, 0.25) is 5.91 Å². The van der Waals surface area contributed by atoms with E-state index in [1.807, 2.05) is 6.07 Å². The molecule has 2 N–H and O–H groups in total. The fraction of sp³-hybridized carbons (Fsp3) is 0.500. The van der Waals surface area contributed by atoms with Crippen LogP contribution in [0.2, 0.25) is 5.02 Å². The summed E-state index contributed by atoms with van der Waals surface area (Å²) in [6.45, 7) is 1.80. The Morgan fingerprint density at radius 3 is 2.89 bits per heavy atom. The Morgan fingerprint density at radius 2 is 2.26 bits per heavy atom. The summed E-state index contributed by atoms with van der Waals surface area (Å²) in [4.78, 5) is 11.6. The zero-order valence-corrected chi connectivity index (χ0v) is 11.8. The Bertz CT molecular complexity index is 447. The van der Waals surface area contributed by atoms with E-state index in [0.29, 0.717) is 23.9 Å². The van der Waals surface area contributed by atoms with Crippen molar-refractivity contribution in [3.8, 4) is 5.75 Å². The maximum Gasteiger partial charge on any atom is 0.234 e. The van der Waals surface area contributed by atoms with Crippen LogP contribution in [0.5, 0.6) is 5.75 Å². The molecule has 0 radical (unpaired) electrons. The summed E-state index contributed by atoms with van der Waals surface area (Å²) in [5.41, 5.74) is 0.960. The number of nitrogens with one attached hydrogen (secondary N) is 2. The molecule has 0 heterocycles. The summed E-state index contributed by atoms with van der Waals surface area (Å²) >= 11 is 6.02. The van der Waals surface area contributed by atoms with Gasteiger partial charge in [-0.25, -0.2) is 0 Å². The first-order valence-electron chi connectivity index (χ1n) is 6.49. The fourth-order valence-electron chi connectivity index (χ4n) is 1.79. The van der Waals surface area contributed by atoms with E-state index in [9.17, 15) is 4.79 Å². The van der Waals surface area contributed by atoms with Crippen LogP contribution in [0.25, 0.3) is 0 Å². The van der Waals surface area contributed by atoms with Gasteiger partial charge in [0, 0.05) is 6.54 Å². The molecule has 1 saturated carbocycles. The number of halogens is 1. The lowest BCUT2D eigenvalue weighted by Crippen LogP contribution is -2.34. The molecule has 0 spiro atoms. The van der Waals surface area contributed by atoms with Gasteiger partial charge in [0.1, 0.15) is 5.75 Å². The van der Waals surface area contributed by atoms with Crippen molar-refractivity contribution in [3.05, 3.63) is 28.8 Å². The van der Waals surface area contributed by atoms with Gasteiger partial charge < -0.3 is 15.4 Å². The minimum absolute atomic E-state index is 0.00703. The maximum absolute atomic E-state index is 11.6. The average molecular weight is 283 g/mol. The predicted molar refractivity (Wildman–Crippen MR) is 75.4 cm³/mol. The van der Waals surface area contributed by atoms with Gasteiger partial charge in [-0.3, -0.25) is 4.79 Å². The van der Waals surface area contributed by atoms with E-state index in [1.165, 1.54) is 12.8 Å². The number of amides is 1. The van der Waals surface area contributed by atoms with E-state index in [0.717, 1.165) is 18.0 Å². The molecule has 0 bridgehead atoms. The average Bonchev–Trinajstić information content (AvgIpc) is 3.20. The van der Waals surface area contributed by atoms with E-state index in [-0.39, 0.29) is 5.91 Å². The van der Waals surface area contributed by atoms with Crippen molar-refractivity contribution in [1.29, 1.82) is 0 Å². The van der Waals surface area contributed by atoms with Crippen molar-refractivity contribution in [2.24, 2.45) is 5.92 Å². The molecule has 1 fully saturated rings. The molecular formula is C14H19ClN2O2. The van der Waals surface area contributed by atoms with Crippen LogP contribution in [0.15, 0.2) is 18.2 Å². The van der Waals surface area contributed by atoms with Gasteiger partial charge in [0.15, 0.2) is 0 Å². The largest absolute Gasteiger partial charge is 0.495 e. The molecule has 0 atom stereocenters. The standard InChI is InChI=1S/C14H19ClN2O2/c1-19-13-5-4-11(6-12(13)15)8-17-14(18)9-16-7-10-2-3-10/h4-6,10,16H,2-3,7-9H2,1H3,(H,17,18). The Kier molecular flexibility index (Phi) is 5.05. The van der Waals surface area contributed by atoms with Crippen LogP contribution < -0.4 is 15.4 Å². The SMILES string of the molecule is COc1ccc(CNC(=O)CNCC2CC2)cc1Cl. The minimum atomic E-state index is 0.00703. The van der Waals surface area contributed by atoms with Crippen molar-refractivity contribution in [3.63, 3.8) is 0 Å². The lowest BCUT2D eigenvalue weighted by molar-refractivity contribution is -0.120. The Balaban J connectivity index is 1.71. The van der Waals surface area contributed by atoms with Crippen LogP contribution in [0.4, 0.5) is 0 Å². The summed E-state index contributed by atoms with van der Waals surface area (Å²) in [6, 6.07) is 5.50. The molecule has 104 valence electrons. The molecule has 1 aliphatic carbocycles. The summed E-state index contributed by atoms with van der Waals surface area (Å²) < 4.78 is 5.08. The highest BCUT2D eigenvalue weighted by Gasteiger charge is 2.20. The second-order valence-electron chi connectivity index (χ2n) is 4.82. The second-order valence-corrected chi connectivity index (χ2v) is 5.23. The first kappa shape index (κ1) is 14.2. The number of carbonyl (C=O) groups is 1. The predicted octanol–water partition coefficient (Wildman–Crippen LogP) is 1.96. The smallest absolute Gasteiger partial charge is 0.234 e. The highest BCUT2D eigenvalue weighted by Crippen LogP contribution is 2.27. The molecule has 0 unspecified atom stereocenters. The van der Waals surface area contributed by atoms with Gasteiger partial charge in [-0.1, -0.05) is 17.7 Å². The molecule has 5 heteroatoms. The molecule has 0 aromatic heterocycles. The third kappa shape index (κ3) is 4.73. The fourth-order valence-corrected chi connectivity index (χ4v) is 2.08. The topological polar surface area (TPSA) is 50.4 Å². The first-order valence-corrected chi connectivity index (χ1v) is 6.86. The number of carbonyl (C=O) groups excluding carboxylic acids is 1. The van der Waals surface area contributed by atoms with Crippen LogP contribution in [0.3, 0.4) is 0 Å². The van der Waals surface area contributed by atoms with Crippen LogP contribution >= 0.6 is 11.6 Å². The van der Waals surface area contributed by atoms with Gasteiger partial charge in [-0.2, -0.15) is 0 Å². The second kappa shape index (κ2) is 6.78.